The van der Waals surface area contributed by atoms with E-state index in [0.29, 0.717) is 5.88 Å². The number of hydrogen-bond acceptors (Lipinski definition) is 1. The molecular formula is C18H15BrClN3. The lowest BCUT2D eigenvalue weighted by Gasteiger charge is -2.08. The van der Waals surface area contributed by atoms with Crippen molar-refractivity contribution in [2.24, 2.45) is 0 Å². The second kappa shape index (κ2) is 6.02. The van der Waals surface area contributed by atoms with Gasteiger partial charge in [0, 0.05) is 23.1 Å². The first kappa shape index (κ1) is 14.8. The van der Waals surface area contributed by atoms with Gasteiger partial charge in [-0.15, -0.1) is 11.6 Å². The van der Waals surface area contributed by atoms with Crippen LogP contribution in [-0.2, 0) is 6.54 Å². The minimum absolute atomic E-state index is 0.643. The van der Waals surface area contributed by atoms with Gasteiger partial charge in [-0.3, -0.25) is 4.40 Å². The molecule has 0 radical (unpaired) electrons. The SMILES string of the molecule is ClCCCn1c(-c2ccc(Br)cc2)cn2c3ccccc3nc12. The molecule has 0 aliphatic rings. The van der Waals surface area contributed by atoms with Crippen LogP contribution in [0.15, 0.2) is 59.2 Å². The lowest BCUT2D eigenvalue weighted by molar-refractivity contribution is 0.704. The third-order valence-corrected chi connectivity index (χ3v) is 4.81. The van der Waals surface area contributed by atoms with Crippen molar-refractivity contribution < 1.29 is 0 Å². The Morgan fingerprint density at radius 3 is 2.61 bits per heavy atom. The minimum atomic E-state index is 0.643. The van der Waals surface area contributed by atoms with Gasteiger partial charge in [0.15, 0.2) is 0 Å². The first-order valence-electron chi connectivity index (χ1n) is 7.56. The van der Waals surface area contributed by atoms with E-state index in [0.717, 1.165) is 39.9 Å². The molecule has 5 heteroatoms. The first-order chi connectivity index (χ1) is 11.3. The van der Waals surface area contributed by atoms with Crippen LogP contribution in [0.5, 0.6) is 0 Å². The minimum Gasteiger partial charge on any atom is -0.310 e. The average Bonchev–Trinajstić information content (AvgIpc) is 3.10. The van der Waals surface area contributed by atoms with Gasteiger partial charge in [-0.2, -0.15) is 0 Å². The molecule has 23 heavy (non-hydrogen) atoms. The van der Waals surface area contributed by atoms with E-state index in [2.05, 4.69) is 61.4 Å². The van der Waals surface area contributed by atoms with Crippen molar-refractivity contribution in [1.82, 2.24) is 14.0 Å². The Morgan fingerprint density at radius 1 is 1.04 bits per heavy atom. The summed E-state index contributed by atoms with van der Waals surface area (Å²) in [4.78, 5) is 4.81. The Bertz CT molecular complexity index is 969. The Balaban J connectivity index is 1.96. The van der Waals surface area contributed by atoms with Crippen LogP contribution in [0.4, 0.5) is 0 Å². The first-order valence-corrected chi connectivity index (χ1v) is 8.89. The summed E-state index contributed by atoms with van der Waals surface area (Å²) in [5, 5.41) is 0. The zero-order chi connectivity index (χ0) is 15.8. The zero-order valence-corrected chi connectivity index (χ0v) is 14.8. The quantitative estimate of drug-likeness (QED) is 0.432. The van der Waals surface area contributed by atoms with Crippen LogP contribution in [0.1, 0.15) is 6.42 Å². The highest BCUT2D eigenvalue weighted by Gasteiger charge is 2.14. The van der Waals surface area contributed by atoms with Crippen molar-refractivity contribution in [3.05, 3.63) is 59.2 Å². The molecule has 116 valence electrons. The van der Waals surface area contributed by atoms with Crippen LogP contribution in [0.25, 0.3) is 28.1 Å². The van der Waals surface area contributed by atoms with Gasteiger partial charge in [0.25, 0.3) is 0 Å². The molecule has 2 heterocycles. The number of hydrogen-bond donors (Lipinski definition) is 0. The number of halogens is 2. The van der Waals surface area contributed by atoms with Crippen LogP contribution < -0.4 is 0 Å². The fourth-order valence-corrected chi connectivity index (χ4v) is 3.32. The van der Waals surface area contributed by atoms with Gasteiger partial charge in [0.2, 0.25) is 5.78 Å². The number of aryl methyl sites for hydroxylation is 1. The fourth-order valence-electron chi connectivity index (χ4n) is 2.94. The average molecular weight is 389 g/mol. The van der Waals surface area contributed by atoms with Crippen LogP contribution >= 0.6 is 27.5 Å². The van der Waals surface area contributed by atoms with E-state index in [-0.39, 0.29) is 0 Å². The molecule has 4 aromatic rings. The lowest BCUT2D eigenvalue weighted by Crippen LogP contribution is -2.01. The predicted molar refractivity (Wildman–Crippen MR) is 99.2 cm³/mol. The Morgan fingerprint density at radius 2 is 1.83 bits per heavy atom. The second-order valence-corrected chi connectivity index (χ2v) is 6.78. The highest BCUT2D eigenvalue weighted by Crippen LogP contribution is 2.28. The number of para-hydroxylation sites is 2. The summed E-state index contributed by atoms with van der Waals surface area (Å²) in [6, 6.07) is 16.6. The molecule has 0 spiro atoms. The Kier molecular flexibility index (Phi) is 3.87. The van der Waals surface area contributed by atoms with E-state index >= 15 is 0 Å². The van der Waals surface area contributed by atoms with Crippen LogP contribution in [0.3, 0.4) is 0 Å². The molecule has 0 saturated carbocycles. The lowest BCUT2D eigenvalue weighted by atomic mass is 10.1. The second-order valence-electron chi connectivity index (χ2n) is 5.49. The van der Waals surface area contributed by atoms with E-state index < -0.39 is 0 Å². The van der Waals surface area contributed by atoms with Crippen molar-refractivity contribution in [3.8, 4) is 11.3 Å². The van der Waals surface area contributed by atoms with Crippen molar-refractivity contribution in [3.63, 3.8) is 0 Å². The van der Waals surface area contributed by atoms with E-state index in [9.17, 15) is 0 Å². The van der Waals surface area contributed by atoms with Crippen molar-refractivity contribution in [2.45, 2.75) is 13.0 Å². The Labute approximate surface area is 147 Å². The Hall–Kier alpha value is -1.78. The molecule has 0 amide bonds. The summed E-state index contributed by atoms with van der Waals surface area (Å²) in [6.07, 6.45) is 3.08. The summed E-state index contributed by atoms with van der Waals surface area (Å²) in [6.45, 7) is 0.856. The zero-order valence-electron chi connectivity index (χ0n) is 12.4. The van der Waals surface area contributed by atoms with E-state index in [1.807, 2.05) is 18.2 Å². The van der Waals surface area contributed by atoms with Crippen LogP contribution in [0.2, 0.25) is 0 Å². The highest BCUT2D eigenvalue weighted by atomic mass is 79.9. The van der Waals surface area contributed by atoms with E-state index in [4.69, 9.17) is 16.6 Å². The number of benzene rings is 2. The predicted octanol–water partition coefficient (Wildman–Crippen LogP) is 5.35. The molecular weight excluding hydrogens is 374 g/mol. The molecule has 0 fully saturated rings. The van der Waals surface area contributed by atoms with Gasteiger partial charge >= 0.3 is 0 Å². The molecule has 0 bridgehead atoms. The highest BCUT2D eigenvalue weighted by molar-refractivity contribution is 9.10. The van der Waals surface area contributed by atoms with Gasteiger partial charge in [-0.25, -0.2) is 4.98 Å². The molecule has 2 aromatic heterocycles. The summed E-state index contributed by atoms with van der Waals surface area (Å²) in [5.41, 5.74) is 4.49. The van der Waals surface area contributed by atoms with Crippen molar-refractivity contribution in [2.75, 3.05) is 5.88 Å². The molecule has 0 saturated heterocycles. The standard InChI is InChI=1S/C18H15BrClN3/c19-14-8-6-13(7-9-14)17-12-23-16-5-2-1-4-15(16)21-18(23)22(17)11-3-10-20/h1-2,4-9,12H,3,10-11H2. The summed E-state index contributed by atoms with van der Waals surface area (Å²) < 4.78 is 5.50. The monoisotopic (exact) mass is 387 g/mol. The van der Waals surface area contributed by atoms with Gasteiger partial charge in [-0.1, -0.05) is 40.2 Å². The summed E-state index contributed by atoms with van der Waals surface area (Å²) in [7, 11) is 0. The third-order valence-electron chi connectivity index (χ3n) is 4.02. The van der Waals surface area contributed by atoms with Crippen molar-refractivity contribution >= 4 is 44.3 Å². The van der Waals surface area contributed by atoms with Gasteiger partial charge in [0.05, 0.1) is 16.7 Å². The molecule has 0 aliphatic heterocycles. The number of aromatic nitrogens is 3. The smallest absolute Gasteiger partial charge is 0.215 e. The number of rotatable bonds is 4. The maximum absolute atomic E-state index is 5.92. The van der Waals surface area contributed by atoms with Crippen LogP contribution in [-0.4, -0.2) is 19.8 Å². The number of nitrogens with zero attached hydrogens (tertiary/aromatic N) is 3. The van der Waals surface area contributed by atoms with Crippen molar-refractivity contribution in [1.29, 1.82) is 0 Å². The molecule has 3 nitrogen and oxygen atoms in total. The topological polar surface area (TPSA) is 22.2 Å². The molecule has 0 aliphatic carbocycles. The van der Waals surface area contributed by atoms with E-state index in [1.54, 1.807) is 0 Å². The molecule has 0 atom stereocenters. The normalized spacial score (nSPS) is 11.6. The van der Waals surface area contributed by atoms with Crippen LogP contribution in [0, 0.1) is 0 Å². The molecule has 2 aromatic carbocycles. The number of fused-ring (bicyclic) bond motifs is 3. The van der Waals surface area contributed by atoms with Gasteiger partial charge < -0.3 is 4.57 Å². The van der Waals surface area contributed by atoms with E-state index in [1.165, 1.54) is 5.56 Å². The fraction of sp³-hybridized carbons (Fsp3) is 0.167. The third kappa shape index (κ3) is 2.56. The summed E-state index contributed by atoms with van der Waals surface area (Å²) >= 11 is 9.42. The van der Waals surface area contributed by atoms with Gasteiger partial charge in [0.1, 0.15) is 0 Å². The molecule has 0 N–H and O–H groups in total. The number of alkyl halides is 1. The largest absolute Gasteiger partial charge is 0.310 e. The maximum Gasteiger partial charge on any atom is 0.215 e. The van der Waals surface area contributed by atoms with Gasteiger partial charge in [-0.05, 0) is 36.2 Å². The molecule has 4 rings (SSSR count). The summed E-state index contributed by atoms with van der Waals surface area (Å²) in [5.74, 6) is 1.61. The number of imidazole rings is 2. The maximum atomic E-state index is 5.92. The molecule has 0 unspecified atom stereocenters.